The Labute approximate surface area is 350 Å². The van der Waals surface area contributed by atoms with Gasteiger partial charge < -0.3 is 19.3 Å². The Morgan fingerprint density at radius 2 is 0.950 bits per heavy atom. The highest BCUT2D eigenvalue weighted by atomic mass is 16.5. The van der Waals surface area contributed by atoms with Crippen molar-refractivity contribution in [1.29, 1.82) is 0 Å². The zero-order valence-corrected chi connectivity index (χ0v) is 33.3. The van der Waals surface area contributed by atoms with Crippen molar-refractivity contribution in [2.75, 3.05) is 9.80 Å². The molecule has 5 heteroatoms. The molecule has 0 unspecified atom stereocenters. The van der Waals surface area contributed by atoms with E-state index in [4.69, 9.17) is 9.47 Å². The molecule has 284 valence electrons. The Balaban J connectivity index is 1.07. The SMILES string of the molecule is CC1(C)c2cc3c(cc2-c2ccc(N(c4ccccc4)c4ccccc4)c4cccc1c24)Oc1cc(N(c2ccccc2)c2ccccc2)cc2c1B3c1ccccc1O2. The standard InChI is InChI=1S/C55H39BN2O2/c1-55(2)44-27-17-26-42-48(58(38-22-11-5-12-23-38)39-24-13-6-14-25-39)31-30-41(53(42)44)43-34-50-47(35-45(43)55)56-46-28-15-16-29-49(46)59-51-32-40(33-52(60-50)54(51)56)57(36-18-7-3-8-19-36)37-20-9-4-10-21-37/h3-35H,1-2H3. The van der Waals surface area contributed by atoms with Gasteiger partial charge in [0.25, 0.3) is 6.71 Å². The fourth-order valence-electron chi connectivity index (χ4n) is 10.0. The molecule has 0 N–H and O–H groups in total. The first-order valence-corrected chi connectivity index (χ1v) is 20.7. The first kappa shape index (κ1) is 34.5. The monoisotopic (exact) mass is 770 g/mol. The van der Waals surface area contributed by atoms with Crippen molar-refractivity contribution in [1.82, 2.24) is 0 Å². The summed E-state index contributed by atoms with van der Waals surface area (Å²) in [6.07, 6.45) is 0. The third-order valence-corrected chi connectivity index (χ3v) is 12.7. The van der Waals surface area contributed by atoms with E-state index in [1.54, 1.807) is 0 Å². The van der Waals surface area contributed by atoms with E-state index in [1.807, 2.05) is 0 Å². The zero-order valence-electron chi connectivity index (χ0n) is 33.3. The van der Waals surface area contributed by atoms with Crippen molar-refractivity contribution in [2.45, 2.75) is 19.3 Å². The molecule has 60 heavy (non-hydrogen) atoms. The van der Waals surface area contributed by atoms with E-state index in [-0.39, 0.29) is 12.1 Å². The third kappa shape index (κ3) is 5.18. The normalized spacial score (nSPS) is 13.5. The molecule has 2 heterocycles. The Morgan fingerprint density at radius 3 is 1.57 bits per heavy atom. The molecule has 0 fully saturated rings. The summed E-state index contributed by atoms with van der Waals surface area (Å²) in [5, 5.41) is 2.50. The van der Waals surface area contributed by atoms with Gasteiger partial charge in [0.1, 0.15) is 23.0 Å². The molecule has 0 atom stereocenters. The van der Waals surface area contributed by atoms with Gasteiger partial charge >= 0.3 is 0 Å². The van der Waals surface area contributed by atoms with Crippen LogP contribution in [0, 0.1) is 0 Å². The van der Waals surface area contributed by atoms with E-state index in [0.717, 1.165) is 73.5 Å². The molecule has 1 aliphatic carbocycles. The van der Waals surface area contributed by atoms with Crippen LogP contribution in [0.15, 0.2) is 200 Å². The lowest BCUT2D eigenvalue weighted by atomic mass is 9.34. The average molecular weight is 771 g/mol. The van der Waals surface area contributed by atoms with Gasteiger partial charge in [-0.15, -0.1) is 0 Å². The van der Waals surface area contributed by atoms with E-state index in [1.165, 1.54) is 33.0 Å². The quantitative estimate of drug-likeness (QED) is 0.157. The van der Waals surface area contributed by atoms with Gasteiger partial charge in [0.15, 0.2) is 0 Å². The van der Waals surface area contributed by atoms with E-state index < -0.39 is 0 Å². The largest absolute Gasteiger partial charge is 0.458 e. The molecule has 12 rings (SSSR count). The summed E-state index contributed by atoms with van der Waals surface area (Å²) in [5.41, 5.74) is 14.6. The Hall–Kier alpha value is -7.50. The van der Waals surface area contributed by atoms with Gasteiger partial charge in [0, 0.05) is 51.1 Å². The highest BCUT2D eigenvalue weighted by molar-refractivity contribution is 6.98. The number of ether oxygens (including phenoxy) is 2. The molecular formula is C55H39BN2O2. The number of hydrogen-bond donors (Lipinski definition) is 0. The van der Waals surface area contributed by atoms with Crippen molar-refractivity contribution in [3.8, 4) is 34.1 Å². The Bertz CT molecular complexity index is 3050. The lowest BCUT2D eigenvalue weighted by Crippen LogP contribution is -2.57. The number of anilines is 6. The van der Waals surface area contributed by atoms with Gasteiger partial charge in [-0.05, 0) is 105 Å². The minimum absolute atomic E-state index is 0.0642. The zero-order chi connectivity index (χ0) is 40.0. The number of fused-ring (bicyclic) bond motifs is 6. The summed E-state index contributed by atoms with van der Waals surface area (Å²) in [5.74, 6) is 3.37. The number of para-hydroxylation sites is 5. The predicted octanol–water partition coefficient (Wildman–Crippen LogP) is 12.8. The predicted molar refractivity (Wildman–Crippen MR) is 249 cm³/mol. The third-order valence-electron chi connectivity index (χ3n) is 12.7. The van der Waals surface area contributed by atoms with Crippen molar-refractivity contribution in [2.24, 2.45) is 0 Å². The Morgan fingerprint density at radius 1 is 0.400 bits per heavy atom. The molecule has 0 amide bonds. The Kier molecular flexibility index (Phi) is 7.64. The van der Waals surface area contributed by atoms with Crippen LogP contribution in [0.3, 0.4) is 0 Å². The number of nitrogens with zero attached hydrogens (tertiary/aromatic N) is 2. The average Bonchev–Trinajstić information content (AvgIpc) is 3.29. The molecule has 0 radical (unpaired) electrons. The molecule has 0 aromatic heterocycles. The van der Waals surface area contributed by atoms with Crippen LogP contribution in [-0.2, 0) is 5.41 Å². The lowest BCUT2D eigenvalue weighted by molar-refractivity contribution is 0.464. The van der Waals surface area contributed by atoms with Crippen LogP contribution in [0.5, 0.6) is 23.0 Å². The van der Waals surface area contributed by atoms with Crippen molar-refractivity contribution in [3.63, 3.8) is 0 Å². The first-order chi connectivity index (χ1) is 29.5. The topological polar surface area (TPSA) is 24.9 Å². The van der Waals surface area contributed by atoms with Crippen LogP contribution in [-0.4, -0.2) is 6.71 Å². The minimum Gasteiger partial charge on any atom is -0.458 e. The second-order valence-electron chi connectivity index (χ2n) is 16.5. The highest BCUT2D eigenvalue weighted by Crippen LogP contribution is 2.53. The smallest absolute Gasteiger partial charge is 0.260 e. The number of benzene rings is 9. The second kappa shape index (κ2) is 13.3. The van der Waals surface area contributed by atoms with E-state index in [0.29, 0.717) is 0 Å². The lowest BCUT2D eigenvalue weighted by Gasteiger charge is -2.39. The molecule has 0 saturated carbocycles. The fourth-order valence-corrected chi connectivity index (χ4v) is 10.0. The van der Waals surface area contributed by atoms with Gasteiger partial charge in [-0.1, -0.05) is 135 Å². The van der Waals surface area contributed by atoms with Gasteiger partial charge in [-0.3, -0.25) is 0 Å². The maximum atomic E-state index is 7.18. The molecule has 0 bridgehead atoms. The molecule has 0 saturated heterocycles. The van der Waals surface area contributed by atoms with Crippen LogP contribution in [0.2, 0.25) is 0 Å². The number of hydrogen-bond acceptors (Lipinski definition) is 4. The molecule has 3 aliphatic rings. The maximum Gasteiger partial charge on any atom is 0.260 e. The fraction of sp³-hybridized carbons (Fsp3) is 0.0545. The summed E-state index contributed by atoms with van der Waals surface area (Å²) in [6, 6.07) is 71.5. The number of rotatable bonds is 6. The first-order valence-electron chi connectivity index (χ1n) is 20.7. The molecule has 4 nitrogen and oxygen atoms in total. The van der Waals surface area contributed by atoms with E-state index in [2.05, 4.69) is 224 Å². The van der Waals surface area contributed by atoms with Crippen molar-refractivity contribution >= 4 is 68.0 Å². The summed E-state index contributed by atoms with van der Waals surface area (Å²) < 4.78 is 14.0. The summed E-state index contributed by atoms with van der Waals surface area (Å²) in [6.45, 7) is 4.69. The van der Waals surface area contributed by atoms with Gasteiger partial charge in [-0.25, -0.2) is 0 Å². The molecule has 9 aromatic carbocycles. The summed E-state index contributed by atoms with van der Waals surface area (Å²) >= 11 is 0. The second-order valence-corrected chi connectivity index (χ2v) is 16.5. The van der Waals surface area contributed by atoms with Crippen LogP contribution in [0.25, 0.3) is 21.9 Å². The minimum atomic E-state index is -0.302. The van der Waals surface area contributed by atoms with E-state index >= 15 is 0 Å². The summed E-state index contributed by atoms with van der Waals surface area (Å²) in [4.78, 5) is 4.65. The molecule has 2 aliphatic heterocycles. The van der Waals surface area contributed by atoms with E-state index in [9.17, 15) is 0 Å². The maximum absolute atomic E-state index is 7.18. The molecular weight excluding hydrogens is 731 g/mol. The van der Waals surface area contributed by atoms with Crippen LogP contribution in [0.1, 0.15) is 25.0 Å². The van der Waals surface area contributed by atoms with Crippen LogP contribution < -0.4 is 35.7 Å². The summed E-state index contributed by atoms with van der Waals surface area (Å²) in [7, 11) is 0. The van der Waals surface area contributed by atoms with Gasteiger partial charge in [0.2, 0.25) is 0 Å². The van der Waals surface area contributed by atoms with Crippen LogP contribution in [0.4, 0.5) is 34.1 Å². The van der Waals surface area contributed by atoms with Gasteiger partial charge in [-0.2, -0.15) is 0 Å². The van der Waals surface area contributed by atoms with Crippen molar-refractivity contribution < 1.29 is 9.47 Å². The molecule has 9 aromatic rings. The van der Waals surface area contributed by atoms with Crippen LogP contribution >= 0.6 is 0 Å². The highest BCUT2D eigenvalue weighted by Gasteiger charge is 2.43. The van der Waals surface area contributed by atoms with Crippen molar-refractivity contribution in [3.05, 3.63) is 211 Å². The van der Waals surface area contributed by atoms with Gasteiger partial charge in [0.05, 0.1) is 11.4 Å². The molecule has 0 spiro atoms.